The van der Waals surface area contributed by atoms with E-state index in [1.165, 1.54) is 11.3 Å². The van der Waals surface area contributed by atoms with Crippen molar-refractivity contribution in [3.8, 4) is 11.3 Å². The van der Waals surface area contributed by atoms with E-state index in [0.29, 0.717) is 11.5 Å². The molecule has 3 heterocycles. The molecule has 0 spiro atoms. The average Bonchev–Trinajstić information content (AvgIpc) is 3.08. The Labute approximate surface area is 194 Å². The summed E-state index contributed by atoms with van der Waals surface area (Å²) >= 11 is 0. The number of nitrogens with zero attached hydrogens (tertiary/aromatic N) is 4. The van der Waals surface area contributed by atoms with Crippen molar-refractivity contribution >= 4 is 17.5 Å². The molecule has 0 atom stereocenters. The monoisotopic (exact) mass is 442 g/mol. The zero-order valence-electron chi connectivity index (χ0n) is 19.6. The van der Waals surface area contributed by atoms with Gasteiger partial charge >= 0.3 is 0 Å². The number of aryl methyl sites for hydroxylation is 2. The van der Waals surface area contributed by atoms with Crippen LogP contribution in [0.5, 0.6) is 0 Å². The minimum absolute atomic E-state index is 0.0342. The number of hydrogen-bond donors (Lipinski definition) is 2. The molecule has 5 rings (SSSR count). The summed E-state index contributed by atoms with van der Waals surface area (Å²) in [5.74, 6) is 0.484. The molecule has 0 saturated carbocycles. The molecule has 1 aliphatic carbocycles. The molecule has 7 heteroatoms. The van der Waals surface area contributed by atoms with Crippen molar-refractivity contribution < 1.29 is 4.79 Å². The Balaban J connectivity index is 1.33. The van der Waals surface area contributed by atoms with E-state index in [4.69, 9.17) is 9.97 Å². The van der Waals surface area contributed by atoms with Gasteiger partial charge in [0.05, 0.1) is 11.7 Å². The highest BCUT2D eigenvalue weighted by atomic mass is 16.1. The molecule has 2 aliphatic rings. The van der Waals surface area contributed by atoms with Gasteiger partial charge in [-0.25, -0.2) is 9.97 Å². The predicted molar refractivity (Wildman–Crippen MR) is 130 cm³/mol. The molecule has 1 aliphatic heterocycles. The quantitative estimate of drug-likeness (QED) is 0.624. The number of amides is 1. The van der Waals surface area contributed by atoms with Crippen LogP contribution in [0.3, 0.4) is 0 Å². The Kier molecular flexibility index (Phi) is 5.37. The fourth-order valence-electron chi connectivity index (χ4n) is 4.69. The number of rotatable bonds is 5. The third-order valence-corrected chi connectivity index (χ3v) is 6.77. The molecule has 0 bridgehead atoms. The van der Waals surface area contributed by atoms with E-state index in [1.807, 2.05) is 44.4 Å². The predicted octanol–water partition coefficient (Wildman–Crippen LogP) is 3.86. The molecule has 170 valence electrons. The number of likely N-dealkylation sites (tertiary alicyclic amines) is 1. The van der Waals surface area contributed by atoms with Crippen LogP contribution < -0.4 is 10.6 Å². The number of carbonyl (C=O) groups excluding carboxylic acids is 1. The summed E-state index contributed by atoms with van der Waals surface area (Å²) in [5.41, 5.74) is 6.99. The van der Waals surface area contributed by atoms with E-state index in [0.717, 1.165) is 48.4 Å². The van der Waals surface area contributed by atoms with E-state index in [-0.39, 0.29) is 17.4 Å². The molecule has 33 heavy (non-hydrogen) atoms. The Bertz CT molecular complexity index is 1220. The van der Waals surface area contributed by atoms with Crippen LogP contribution in [0.4, 0.5) is 11.6 Å². The van der Waals surface area contributed by atoms with Crippen LogP contribution in [-0.4, -0.2) is 51.9 Å². The third-order valence-electron chi connectivity index (χ3n) is 6.77. The van der Waals surface area contributed by atoms with Crippen molar-refractivity contribution in [1.82, 2.24) is 25.2 Å². The van der Waals surface area contributed by atoms with Gasteiger partial charge in [0.15, 0.2) is 0 Å². The molecule has 0 radical (unpaired) electrons. The standard InChI is InChI=1S/C26H30N6O/c1-16-11-17(24(33)29-19-14-32(4)15-19)5-6-21(16)30-25-27-10-8-22(31-25)18-12-20-23(28-13-18)7-9-26(20,2)3/h5-6,8,10-13,19H,7,9,14-15H2,1-4H3,(H,29,33)(H,27,30,31). The number of benzene rings is 1. The van der Waals surface area contributed by atoms with Crippen molar-refractivity contribution in [2.45, 2.75) is 45.1 Å². The van der Waals surface area contributed by atoms with Crippen molar-refractivity contribution in [1.29, 1.82) is 0 Å². The molecule has 1 aromatic carbocycles. The van der Waals surface area contributed by atoms with E-state index >= 15 is 0 Å². The van der Waals surface area contributed by atoms with Gasteiger partial charge in [0.2, 0.25) is 5.95 Å². The van der Waals surface area contributed by atoms with Crippen LogP contribution in [0.2, 0.25) is 0 Å². The molecule has 1 amide bonds. The van der Waals surface area contributed by atoms with Gasteiger partial charge in [-0.1, -0.05) is 13.8 Å². The first kappa shape index (κ1) is 21.5. The van der Waals surface area contributed by atoms with Crippen LogP contribution >= 0.6 is 0 Å². The number of likely N-dealkylation sites (N-methyl/N-ethyl adjacent to an activating group) is 1. The molecule has 0 unspecified atom stereocenters. The van der Waals surface area contributed by atoms with Crippen LogP contribution in [-0.2, 0) is 11.8 Å². The van der Waals surface area contributed by atoms with Gasteiger partial charge in [-0.3, -0.25) is 9.78 Å². The van der Waals surface area contributed by atoms with Gasteiger partial charge in [0, 0.05) is 48.0 Å². The Morgan fingerprint density at radius 3 is 2.73 bits per heavy atom. The van der Waals surface area contributed by atoms with Gasteiger partial charge in [-0.2, -0.15) is 0 Å². The molecule has 3 aromatic rings. The SMILES string of the molecule is Cc1cc(C(=O)NC2CN(C)C2)ccc1Nc1nccc(-c2cnc3c(c2)C(C)(C)CC3)n1. The average molecular weight is 443 g/mol. The maximum atomic E-state index is 12.5. The minimum Gasteiger partial charge on any atom is -0.347 e. The maximum Gasteiger partial charge on any atom is 0.251 e. The molecule has 2 N–H and O–H groups in total. The molecule has 7 nitrogen and oxygen atoms in total. The normalized spacial score (nSPS) is 17.3. The number of carbonyl (C=O) groups is 1. The first-order chi connectivity index (χ1) is 15.8. The van der Waals surface area contributed by atoms with Crippen LogP contribution in [0.25, 0.3) is 11.3 Å². The second-order valence-corrected chi connectivity index (χ2v) is 9.91. The number of nitrogens with one attached hydrogen (secondary N) is 2. The topological polar surface area (TPSA) is 83.0 Å². The second-order valence-electron chi connectivity index (χ2n) is 9.91. The van der Waals surface area contributed by atoms with Crippen LogP contribution in [0.1, 0.15) is 47.4 Å². The van der Waals surface area contributed by atoms with E-state index in [1.54, 1.807) is 6.20 Å². The zero-order valence-corrected chi connectivity index (χ0v) is 19.6. The summed E-state index contributed by atoms with van der Waals surface area (Å²) in [6, 6.07) is 10.0. The number of pyridine rings is 1. The largest absolute Gasteiger partial charge is 0.347 e. The van der Waals surface area contributed by atoms with E-state index < -0.39 is 0 Å². The summed E-state index contributed by atoms with van der Waals surface area (Å²) in [5, 5.41) is 6.38. The summed E-state index contributed by atoms with van der Waals surface area (Å²) in [4.78, 5) is 28.5. The summed E-state index contributed by atoms with van der Waals surface area (Å²) in [7, 11) is 2.05. The van der Waals surface area contributed by atoms with Gasteiger partial charge < -0.3 is 15.5 Å². The first-order valence-corrected chi connectivity index (χ1v) is 11.5. The molecule has 1 fully saturated rings. The minimum atomic E-state index is -0.0342. The lowest BCUT2D eigenvalue weighted by atomic mass is 9.86. The molecular weight excluding hydrogens is 412 g/mol. The lowest BCUT2D eigenvalue weighted by molar-refractivity contribution is 0.0857. The third kappa shape index (κ3) is 4.33. The molecule has 2 aromatic heterocycles. The number of anilines is 2. The van der Waals surface area contributed by atoms with Crippen molar-refractivity contribution in [2.24, 2.45) is 0 Å². The Hall–Kier alpha value is -3.32. The van der Waals surface area contributed by atoms with Gasteiger partial charge in [0.1, 0.15) is 0 Å². The fraction of sp³-hybridized carbons (Fsp3) is 0.385. The number of aromatic nitrogens is 3. The van der Waals surface area contributed by atoms with Crippen molar-refractivity contribution in [2.75, 3.05) is 25.5 Å². The maximum absolute atomic E-state index is 12.5. The number of hydrogen-bond acceptors (Lipinski definition) is 6. The smallest absolute Gasteiger partial charge is 0.251 e. The fourth-order valence-corrected chi connectivity index (χ4v) is 4.69. The van der Waals surface area contributed by atoms with Crippen molar-refractivity contribution in [3.63, 3.8) is 0 Å². The highest BCUT2D eigenvalue weighted by molar-refractivity contribution is 5.95. The van der Waals surface area contributed by atoms with Crippen LogP contribution in [0.15, 0.2) is 42.7 Å². The lowest BCUT2D eigenvalue weighted by Gasteiger charge is -2.36. The Morgan fingerprint density at radius 1 is 1.15 bits per heavy atom. The van der Waals surface area contributed by atoms with E-state index in [9.17, 15) is 4.79 Å². The molecular formula is C26H30N6O. The highest BCUT2D eigenvalue weighted by Crippen LogP contribution is 2.38. The van der Waals surface area contributed by atoms with Crippen molar-refractivity contribution in [3.05, 3.63) is 65.1 Å². The second kappa shape index (κ2) is 8.23. The first-order valence-electron chi connectivity index (χ1n) is 11.5. The molecule has 1 saturated heterocycles. The van der Waals surface area contributed by atoms with Gasteiger partial charge in [-0.15, -0.1) is 0 Å². The lowest BCUT2D eigenvalue weighted by Crippen LogP contribution is -2.57. The van der Waals surface area contributed by atoms with Crippen LogP contribution in [0, 0.1) is 6.92 Å². The van der Waals surface area contributed by atoms with Gasteiger partial charge in [0.25, 0.3) is 5.91 Å². The van der Waals surface area contributed by atoms with E-state index in [2.05, 4.69) is 40.4 Å². The Morgan fingerprint density at radius 2 is 1.97 bits per heavy atom. The highest BCUT2D eigenvalue weighted by Gasteiger charge is 2.31. The summed E-state index contributed by atoms with van der Waals surface area (Å²) < 4.78 is 0. The summed E-state index contributed by atoms with van der Waals surface area (Å²) in [6.45, 7) is 8.32. The summed E-state index contributed by atoms with van der Waals surface area (Å²) in [6.07, 6.45) is 5.82. The zero-order chi connectivity index (χ0) is 23.2. The number of fused-ring (bicyclic) bond motifs is 1. The van der Waals surface area contributed by atoms with Gasteiger partial charge in [-0.05, 0) is 73.7 Å².